The summed E-state index contributed by atoms with van der Waals surface area (Å²) in [6, 6.07) is 7.45. The van der Waals surface area contributed by atoms with Crippen molar-refractivity contribution in [2.45, 2.75) is 25.5 Å². The minimum Gasteiger partial charge on any atom is -0.494 e. The molecule has 0 spiro atoms. The lowest BCUT2D eigenvalue weighted by Crippen LogP contribution is -2.56. The molecule has 2 aliphatic rings. The molecular formula is C26H29ClFN7O4. The lowest BCUT2D eigenvalue weighted by molar-refractivity contribution is -0.384. The van der Waals surface area contributed by atoms with Crippen molar-refractivity contribution in [2.75, 3.05) is 49.3 Å². The van der Waals surface area contributed by atoms with Crippen molar-refractivity contribution in [1.29, 1.82) is 0 Å². The first-order chi connectivity index (χ1) is 18.4. The number of ether oxygens (including phenoxy) is 1. The van der Waals surface area contributed by atoms with E-state index < -0.39 is 16.3 Å². The number of nitrogens with one attached hydrogen (secondary N) is 2. The van der Waals surface area contributed by atoms with Crippen LogP contribution in [0.2, 0.25) is 5.02 Å². The molecule has 0 radical (unpaired) electrons. The molecule has 1 aromatic heterocycles. The number of nitro groups is 1. The van der Waals surface area contributed by atoms with E-state index >= 15 is 0 Å². The number of likely N-dealkylation sites (N-methyl/N-ethyl adjacent to an activating group) is 1. The monoisotopic (exact) mass is 557 g/mol. The summed E-state index contributed by atoms with van der Waals surface area (Å²) in [7, 11) is 3.55. The SMILES string of the molecule is COc1cc(N2C[C@@H]3CN(C)C[C@@H]32)c([N+](=O)[O-])cc1Nc1nccc(Nc2cc(Cl)c(F)cc2C(C)(C)O)n1. The zero-order valence-electron chi connectivity index (χ0n) is 21.9. The number of likely N-dealkylation sites (tertiary alicyclic amines) is 1. The van der Waals surface area contributed by atoms with E-state index in [1.807, 2.05) is 0 Å². The molecule has 39 heavy (non-hydrogen) atoms. The summed E-state index contributed by atoms with van der Waals surface area (Å²) in [5, 5.41) is 28.5. The van der Waals surface area contributed by atoms with Crippen molar-refractivity contribution < 1.29 is 19.2 Å². The number of methoxy groups -OCH3 is 1. The van der Waals surface area contributed by atoms with Gasteiger partial charge in [0.2, 0.25) is 5.95 Å². The molecule has 2 aromatic carbocycles. The Kier molecular flexibility index (Phi) is 6.95. The molecule has 13 heteroatoms. The van der Waals surface area contributed by atoms with Gasteiger partial charge >= 0.3 is 0 Å². The number of hydrogen-bond donors (Lipinski definition) is 3. The van der Waals surface area contributed by atoms with E-state index in [0.29, 0.717) is 34.5 Å². The Morgan fingerprint density at radius 2 is 1.97 bits per heavy atom. The summed E-state index contributed by atoms with van der Waals surface area (Å²) in [5.41, 5.74) is 0.0839. The van der Waals surface area contributed by atoms with Crippen LogP contribution in [-0.4, -0.2) is 64.7 Å². The van der Waals surface area contributed by atoms with Crippen molar-refractivity contribution in [1.82, 2.24) is 14.9 Å². The molecule has 5 rings (SSSR count). The first-order valence-electron chi connectivity index (χ1n) is 12.3. The van der Waals surface area contributed by atoms with Gasteiger partial charge in [0, 0.05) is 61.2 Å². The first-order valence-corrected chi connectivity index (χ1v) is 12.7. The molecule has 2 atom stereocenters. The highest BCUT2D eigenvalue weighted by molar-refractivity contribution is 6.31. The van der Waals surface area contributed by atoms with Crippen molar-refractivity contribution in [3.63, 3.8) is 0 Å². The van der Waals surface area contributed by atoms with E-state index in [4.69, 9.17) is 16.3 Å². The largest absolute Gasteiger partial charge is 0.494 e. The van der Waals surface area contributed by atoms with Gasteiger partial charge in [-0.2, -0.15) is 4.98 Å². The van der Waals surface area contributed by atoms with Crippen molar-refractivity contribution in [3.05, 3.63) is 63.0 Å². The summed E-state index contributed by atoms with van der Waals surface area (Å²) in [5.74, 6) is 0.703. The number of rotatable bonds is 8. The van der Waals surface area contributed by atoms with E-state index in [1.165, 1.54) is 45.4 Å². The zero-order valence-corrected chi connectivity index (χ0v) is 22.7. The zero-order chi connectivity index (χ0) is 28.1. The second-order valence-electron chi connectivity index (χ2n) is 10.4. The van der Waals surface area contributed by atoms with Crippen LogP contribution in [0.15, 0.2) is 36.5 Å². The summed E-state index contributed by atoms with van der Waals surface area (Å²) < 4.78 is 19.7. The van der Waals surface area contributed by atoms with Crippen molar-refractivity contribution >= 4 is 46.1 Å². The normalized spacial score (nSPS) is 18.9. The molecule has 3 aromatic rings. The van der Waals surface area contributed by atoms with Gasteiger partial charge in [-0.25, -0.2) is 9.37 Å². The maximum absolute atomic E-state index is 14.1. The van der Waals surface area contributed by atoms with Gasteiger partial charge in [0.1, 0.15) is 23.1 Å². The van der Waals surface area contributed by atoms with Crippen LogP contribution in [0.25, 0.3) is 0 Å². The molecule has 0 saturated carbocycles. The molecule has 0 amide bonds. The smallest absolute Gasteiger partial charge is 0.294 e. The highest BCUT2D eigenvalue weighted by Gasteiger charge is 2.46. The van der Waals surface area contributed by atoms with E-state index in [9.17, 15) is 19.6 Å². The fourth-order valence-electron chi connectivity index (χ4n) is 5.23. The van der Waals surface area contributed by atoms with Crippen LogP contribution >= 0.6 is 11.6 Å². The molecule has 0 unspecified atom stereocenters. The molecule has 2 aliphatic heterocycles. The van der Waals surface area contributed by atoms with Crippen LogP contribution in [0.1, 0.15) is 19.4 Å². The predicted molar refractivity (Wildman–Crippen MR) is 147 cm³/mol. The van der Waals surface area contributed by atoms with E-state index in [2.05, 4.69) is 37.4 Å². The third-order valence-corrected chi connectivity index (χ3v) is 7.40. The summed E-state index contributed by atoms with van der Waals surface area (Å²) >= 11 is 5.98. The van der Waals surface area contributed by atoms with E-state index in [0.717, 1.165) is 19.6 Å². The fourth-order valence-corrected chi connectivity index (χ4v) is 5.39. The molecule has 0 aliphatic carbocycles. The number of fused-ring (bicyclic) bond motifs is 1. The maximum Gasteiger partial charge on any atom is 0.294 e. The fraction of sp³-hybridized carbons (Fsp3) is 0.385. The quantitative estimate of drug-likeness (QED) is 0.266. The maximum atomic E-state index is 14.1. The number of halogens is 2. The van der Waals surface area contributed by atoms with Gasteiger partial charge in [-0.15, -0.1) is 0 Å². The second kappa shape index (κ2) is 10.1. The van der Waals surface area contributed by atoms with Crippen LogP contribution in [0.3, 0.4) is 0 Å². The molecule has 0 bridgehead atoms. The Hall–Kier alpha value is -3.74. The van der Waals surface area contributed by atoms with Crippen LogP contribution in [0.5, 0.6) is 5.75 Å². The van der Waals surface area contributed by atoms with Crippen molar-refractivity contribution in [3.8, 4) is 5.75 Å². The van der Waals surface area contributed by atoms with Gasteiger partial charge in [0.15, 0.2) is 0 Å². The van der Waals surface area contributed by atoms with E-state index in [1.54, 1.807) is 12.1 Å². The third kappa shape index (κ3) is 5.27. The topological polar surface area (TPSA) is 129 Å². The summed E-state index contributed by atoms with van der Waals surface area (Å²) in [4.78, 5) is 24.6. The summed E-state index contributed by atoms with van der Waals surface area (Å²) in [6.07, 6.45) is 1.48. The third-order valence-electron chi connectivity index (χ3n) is 7.11. The number of nitrogens with zero attached hydrogens (tertiary/aromatic N) is 5. The number of anilines is 5. The van der Waals surface area contributed by atoms with Crippen LogP contribution in [-0.2, 0) is 5.60 Å². The number of aromatic nitrogens is 2. The van der Waals surface area contributed by atoms with Crippen LogP contribution < -0.4 is 20.3 Å². The van der Waals surface area contributed by atoms with Gasteiger partial charge in [0.05, 0.1) is 28.3 Å². The van der Waals surface area contributed by atoms with Gasteiger partial charge in [0.25, 0.3) is 5.69 Å². The predicted octanol–water partition coefficient (Wildman–Crippen LogP) is 4.65. The molecule has 11 nitrogen and oxygen atoms in total. The second-order valence-corrected chi connectivity index (χ2v) is 10.8. The Balaban J connectivity index is 1.43. The molecule has 3 heterocycles. The molecular weight excluding hydrogens is 529 g/mol. The van der Waals surface area contributed by atoms with Gasteiger partial charge in [-0.05, 0) is 39.1 Å². The Morgan fingerprint density at radius 3 is 2.64 bits per heavy atom. The van der Waals surface area contributed by atoms with E-state index in [-0.39, 0.29) is 28.3 Å². The number of aliphatic hydroxyl groups is 1. The number of nitro benzene ring substituents is 1. The Bertz CT molecular complexity index is 1430. The number of benzene rings is 2. The standard InChI is InChI=1S/C26H29ClFN7O4/c1-26(2,36)15-7-17(28)16(27)8-18(15)30-24-5-6-29-25(32-24)31-19-9-21(35(37)38)20(10-23(19)39-4)34-12-14-11-33(3)13-22(14)34/h5-10,14,22,36H,11-13H2,1-4H3,(H2,29,30,31,32)/t14-,22-/m0/s1. The molecule has 206 valence electrons. The molecule has 3 N–H and O–H groups in total. The highest BCUT2D eigenvalue weighted by atomic mass is 35.5. The first kappa shape index (κ1) is 26.9. The lowest BCUT2D eigenvalue weighted by atomic mass is 9.91. The average Bonchev–Trinajstić information content (AvgIpc) is 3.14. The van der Waals surface area contributed by atoms with Crippen molar-refractivity contribution in [2.24, 2.45) is 5.92 Å². The minimum absolute atomic E-state index is 0.0450. The van der Waals surface area contributed by atoms with Crippen LogP contribution in [0.4, 0.5) is 38.9 Å². The molecule has 2 saturated heterocycles. The lowest BCUT2D eigenvalue weighted by Gasteiger charge is -2.45. The number of hydrogen-bond acceptors (Lipinski definition) is 10. The molecule has 2 fully saturated rings. The van der Waals surface area contributed by atoms with Gasteiger partial charge in [-0.3, -0.25) is 10.1 Å². The van der Waals surface area contributed by atoms with Gasteiger partial charge in [-0.1, -0.05) is 11.6 Å². The Morgan fingerprint density at radius 1 is 1.21 bits per heavy atom. The average molecular weight is 558 g/mol. The summed E-state index contributed by atoms with van der Waals surface area (Å²) in [6.45, 7) is 5.65. The Labute approximate surface area is 229 Å². The minimum atomic E-state index is -1.36. The van der Waals surface area contributed by atoms with Gasteiger partial charge < -0.3 is 30.3 Å². The highest BCUT2D eigenvalue weighted by Crippen LogP contribution is 2.45. The van der Waals surface area contributed by atoms with Crippen LogP contribution in [0, 0.1) is 21.8 Å².